The normalized spacial score (nSPS) is 11.4. The molecule has 3 aromatic carbocycles. The van der Waals surface area contributed by atoms with E-state index < -0.39 is 10.0 Å². The van der Waals surface area contributed by atoms with Crippen molar-refractivity contribution in [2.45, 2.75) is 25.3 Å². The van der Waals surface area contributed by atoms with Gasteiger partial charge >= 0.3 is 0 Å². The highest BCUT2D eigenvalue weighted by Crippen LogP contribution is 2.28. The molecule has 37 heavy (non-hydrogen) atoms. The first-order valence-corrected chi connectivity index (χ1v) is 13.1. The van der Waals surface area contributed by atoms with E-state index in [2.05, 4.69) is 5.32 Å². The van der Waals surface area contributed by atoms with Crippen LogP contribution in [0.5, 0.6) is 0 Å². The number of aryl methyl sites for hydroxylation is 1. The highest BCUT2D eigenvalue weighted by Gasteiger charge is 2.26. The van der Waals surface area contributed by atoms with Gasteiger partial charge in [-0.05, 0) is 54.5 Å². The molecule has 0 atom stereocenters. The molecule has 194 valence electrons. The van der Waals surface area contributed by atoms with Gasteiger partial charge in [0.2, 0.25) is 11.8 Å². The molecule has 8 nitrogen and oxygen atoms in total. The number of aliphatic hydroxyl groups is 1. The molecular formula is C28H31N3O5S. The summed E-state index contributed by atoms with van der Waals surface area (Å²) < 4.78 is 28.1. The second-order valence-electron chi connectivity index (χ2n) is 8.57. The van der Waals surface area contributed by atoms with Crippen molar-refractivity contribution in [2.24, 2.45) is 0 Å². The highest BCUT2D eigenvalue weighted by atomic mass is 32.2. The average Bonchev–Trinajstić information content (AvgIpc) is 2.87. The van der Waals surface area contributed by atoms with Gasteiger partial charge in [-0.15, -0.1) is 0 Å². The fourth-order valence-corrected chi connectivity index (χ4v) is 5.19. The first-order valence-electron chi connectivity index (χ1n) is 11.7. The van der Waals surface area contributed by atoms with Gasteiger partial charge in [-0.2, -0.15) is 0 Å². The summed E-state index contributed by atoms with van der Waals surface area (Å²) in [6.45, 7) is 2.98. The number of rotatable bonds is 10. The van der Waals surface area contributed by atoms with Gasteiger partial charge in [0.15, 0.2) is 0 Å². The van der Waals surface area contributed by atoms with Crippen LogP contribution in [0, 0.1) is 6.92 Å². The lowest BCUT2D eigenvalue weighted by molar-refractivity contribution is -0.125. The molecule has 0 fully saturated rings. The van der Waals surface area contributed by atoms with Crippen molar-refractivity contribution in [3.05, 3.63) is 95.6 Å². The number of likely N-dealkylation sites (N-methyl/N-ethyl adjacent to an activating group) is 1. The van der Waals surface area contributed by atoms with E-state index in [1.54, 1.807) is 85.9 Å². The Hall–Kier alpha value is -3.95. The van der Waals surface area contributed by atoms with Crippen LogP contribution in [0.4, 0.5) is 11.4 Å². The summed E-state index contributed by atoms with van der Waals surface area (Å²) >= 11 is 0. The van der Waals surface area contributed by atoms with Crippen LogP contribution in [0.1, 0.15) is 23.6 Å². The van der Waals surface area contributed by atoms with Crippen molar-refractivity contribution in [2.75, 3.05) is 29.8 Å². The van der Waals surface area contributed by atoms with E-state index in [-0.39, 0.29) is 36.4 Å². The summed E-state index contributed by atoms with van der Waals surface area (Å²) in [5.41, 5.74) is 3.40. The molecule has 2 amide bonds. The minimum Gasteiger partial charge on any atom is -0.394 e. The van der Waals surface area contributed by atoms with Crippen LogP contribution >= 0.6 is 0 Å². The van der Waals surface area contributed by atoms with Gasteiger partial charge in [-0.25, -0.2) is 8.42 Å². The summed E-state index contributed by atoms with van der Waals surface area (Å²) in [5, 5.41) is 12.3. The van der Waals surface area contributed by atoms with Gasteiger partial charge < -0.3 is 15.3 Å². The van der Waals surface area contributed by atoms with Crippen molar-refractivity contribution in [3.63, 3.8) is 0 Å². The number of carbonyl (C=O) groups excluding carboxylic acids is 2. The predicted molar refractivity (Wildman–Crippen MR) is 145 cm³/mol. The van der Waals surface area contributed by atoms with Crippen LogP contribution in [0.15, 0.2) is 83.8 Å². The number of anilines is 2. The minimum absolute atomic E-state index is 0.123. The molecule has 0 unspecified atom stereocenters. The SMILES string of the molecule is CC(=O)Nc1ccc(/C=C/C(=O)N(C)Cc2ccccc2N(CCO)S(=O)(=O)c2ccc(C)cc2)cc1. The topological polar surface area (TPSA) is 107 Å². The number of amides is 2. The molecule has 3 aromatic rings. The molecule has 0 saturated heterocycles. The maximum atomic E-state index is 13.4. The number of hydrogen-bond donors (Lipinski definition) is 2. The Bertz CT molecular complexity index is 1370. The van der Waals surface area contributed by atoms with E-state index in [1.807, 2.05) is 6.92 Å². The third kappa shape index (κ3) is 7.28. The van der Waals surface area contributed by atoms with Crippen molar-refractivity contribution < 1.29 is 23.1 Å². The van der Waals surface area contributed by atoms with Crippen molar-refractivity contribution >= 4 is 39.3 Å². The number of nitrogens with zero attached hydrogens (tertiary/aromatic N) is 2. The molecule has 0 aromatic heterocycles. The first-order chi connectivity index (χ1) is 17.6. The lowest BCUT2D eigenvalue weighted by Gasteiger charge is -2.27. The molecule has 9 heteroatoms. The second-order valence-corrected chi connectivity index (χ2v) is 10.4. The van der Waals surface area contributed by atoms with Crippen molar-refractivity contribution in [1.29, 1.82) is 0 Å². The van der Waals surface area contributed by atoms with Crippen LogP contribution in [0.2, 0.25) is 0 Å². The molecule has 3 rings (SSSR count). The summed E-state index contributed by atoms with van der Waals surface area (Å²) in [6.07, 6.45) is 3.10. The number of benzene rings is 3. The van der Waals surface area contributed by atoms with Crippen LogP contribution in [-0.2, 0) is 26.2 Å². The Balaban J connectivity index is 1.80. The number of hydrogen-bond acceptors (Lipinski definition) is 5. The zero-order valence-electron chi connectivity index (χ0n) is 21.1. The van der Waals surface area contributed by atoms with Crippen LogP contribution < -0.4 is 9.62 Å². The third-order valence-electron chi connectivity index (χ3n) is 5.61. The average molecular weight is 522 g/mol. The van der Waals surface area contributed by atoms with E-state index >= 15 is 0 Å². The molecule has 0 aliphatic heterocycles. The first kappa shape index (κ1) is 27.6. The second kappa shape index (κ2) is 12.3. The van der Waals surface area contributed by atoms with E-state index in [9.17, 15) is 23.1 Å². The van der Waals surface area contributed by atoms with Gasteiger partial charge in [0.25, 0.3) is 10.0 Å². The van der Waals surface area contributed by atoms with Gasteiger partial charge in [0, 0.05) is 32.3 Å². The van der Waals surface area contributed by atoms with E-state index in [0.717, 1.165) is 11.1 Å². The zero-order chi connectivity index (χ0) is 27.0. The molecule has 0 radical (unpaired) electrons. The lowest BCUT2D eigenvalue weighted by Crippen LogP contribution is -2.35. The molecule has 2 N–H and O–H groups in total. The maximum absolute atomic E-state index is 13.4. The molecule has 0 saturated carbocycles. The Labute approximate surface area is 217 Å². The monoisotopic (exact) mass is 521 g/mol. The Morgan fingerprint density at radius 1 is 0.973 bits per heavy atom. The summed E-state index contributed by atoms with van der Waals surface area (Å²) in [5.74, 6) is -0.430. The number of aliphatic hydroxyl groups excluding tert-OH is 1. The fourth-order valence-electron chi connectivity index (χ4n) is 3.70. The largest absolute Gasteiger partial charge is 0.394 e. The number of para-hydroxylation sites is 1. The van der Waals surface area contributed by atoms with E-state index in [4.69, 9.17) is 0 Å². The standard InChI is InChI=1S/C28H31N3O5S/c1-21-8-15-26(16-9-21)37(35,36)31(18-19-32)27-7-5-4-6-24(27)20-30(3)28(34)17-12-23-10-13-25(14-11-23)29-22(2)33/h4-17,32H,18-20H2,1-3H3,(H,29,33)/b17-12+. The quantitative estimate of drug-likeness (QED) is 0.395. The maximum Gasteiger partial charge on any atom is 0.264 e. The summed E-state index contributed by atoms with van der Waals surface area (Å²) in [7, 11) is -2.31. The van der Waals surface area contributed by atoms with Crippen LogP contribution in [0.25, 0.3) is 6.08 Å². The molecule has 0 aliphatic rings. The van der Waals surface area contributed by atoms with Crippen LogP contribution in [0.3, 0.4) is 0 Å². The lowest BCUT2D eigenvalue weighted by atomic mass is 10.1. The van der Waals surface area contributed by atoms with E-state index in [1.165, 1.54) is 22.2 Å². The van der Waals surface area contributed by atoms with Crippen LogP contribution in [-0.4, -0.2) is 50.4 Å². The summed E-state index contributed by atoms with van der Waals surface area (Å²) in [6, 6.07) is 20.5. The number of carbonyl (C=O) groups is 2. The van der Waals surface area contributed by atoms with Crippen molar-refractivity contribution in [3.8, 4) is 0 Å². The van der Waals surface area contributed by atoms with Gasteiger partial charge in [0.05, 0.1) is 23.7 Å². The molecule has 0 bridgehead atoms. The smallest absolute Gasteiger partial charge is 0.264 e. The number of sulfonamides is 1. The third-order valence-corrected chi connectivity index (χ3v) is 7.43. The van der Waals surface area contributed by atoms with Gasteiger partial charge in [0.1, 0.15) is 0 Å². The molecule has 0 spiro atoms. The Morgan fingerprint density at radius 2 is 1.62 bits per heavy atom. The molecule has 0 aliphatic carbocycles. The Morgan fingerprint density at radius 3 is 2.24 bits per heavy atom. The minimum atomic E-state index is -3.94. The number of nitrogens with one attached hydrogen (secondary N) is 1. The fraction of sp³-hybridized carbons (Fsp3) is 0.214. The summed E-state index contributed by atoms with van der Waals surface area (Å²) in [4.78, 5) is 25.6. The molecular weight excluding hydrogens is 490 g/mol. The van der Waals surface area contributed by atoms with Gasteiger partial charge in [-0.3, -0.25) is 13.9 Å². The predicted octanol–water partition coefficient (Wildman–Crippen LogP) is 3.81. The van der Waals surface area contributed by atoms with Crippen molar-refractivity contribution in [1.82, 2.24) is 4.90 Å². The Kier molecular flexibility index (Phi) is 9.21. The highest BCUT2D eigenvalue weighted by molar-refractivity contribution is 7.92. The van der Waals surface area contributed by atoms with E-state index in [0.29, 0.717) is 16.9 Å². The zero-order valence-corrected chi connectivity index (χ0v) is 21.9. The van der Waals surface area contributed by atoms with Gasteiger partial charge in [-0.1, -0.05) is 48.0 Å². The molecule has 0 heterocycles.